The highest BCUT2D eigenvalue weighted by atomic mass is 32.2. The number of hydrogen-bond donors (Lipinski definition) is 1. The Balaban J connectivity index is 2.66. The molecule has 1 N–H and O–H groups in total. The lowest BCUT2D eigenvalue weighted by Gasteiger charge is -2.14. The summed E-state index contributed by atoms with van der Waals surface area (Å²) < 4.78 is 24.2. The Kier molecular flexibility index (Phi) is 5.67. The lowest BCUT2D eigenvalue weighted by atomic mass is 10.2. The van der Waals surface area contributed by atoms with Crippen molar-refractivity contribution < 1.29 is 13.2 Å². The highest BCUT2D eigenvalue weighted by molar-refractivity contribution is 7.89. The Morgan fingerprint density at radius 1 is 1.40 bits per heavy atom. The van der Waals surface area contributed by atoms with Crippen LogP contribution in [-0.2, 0) is 14.8 Å². The minimum absolute atomic E-state index is 0.302. The summed E-state index contributed by atoms with van der Waals surface area (Å²) in [4.78, 5) is 16.2. The van der Waals surface area contributed by atoms with Crippen molar-refractivity contribution in [2.24, 2.45) is 0 Å². The second-order valence-corrected chi connectivity index (χ2v) is 8.17. The van der Waals surface area contributed by atoms with Crippen molar-refractivity contribution in [1.82, 2.24) is 14.6 Å². The van der Waals surface area contributed by atoms with Crippen molar-refractivity contribution in [3.05, 3.63) is 16.1 Å². The van der Waals surface area contributed by atoms with Crippen LogP contribution in [0, 0.1) is 0 Å². The molecule has 0 aromatic carbocycles. The first-order valence-electron chi connectivity index (χ1n) is 6.28. The fourth-order valence-corrected chi connectivity index (χ4v) is 3.02. The van der Waals surface area contributed by atoms with E-state index in [1.54, 1.807) is 18.3 Å². The number of amides is 1. The third-order valence-electron chi connectivity index (χ3n) is 2.72. The summed E-state index contributed by atoms with van der Waals surface area (Å²) in [5, 5.41) is 5.55. The second kappa shape index (κ2) is 6.64. The predicted molar refractivity (Wildman–Crippen MR) is 80.2 cm³/mol. The van der Waals surface area contributed by atoms with Crippen molar-refractivity contribution in [3.8, 4) is 0 Å². The van der Waals surface area contributed by atoms with Gasteiger partial charge in [0.25, 0.3) is 0 Å². The van der Waals surface area contributed by atoms with Crippen LogP contribution >= 0.6 is 11.3 Å². The molecule has 6 nitrogen and oxygen atoms in total. The molecular weight excluding hydrogens is 298 g/mol. The zero-order valence-electron chi connectivity index (χ0n) is 12.4. The maximum atomic E-state index is 11.7. The third kappa shape index (κ3) is 4.53. The van der Waals surface area contributed by atoms with E-state index in [2.05, 4.69) is 24.1 Å². The Bertz CT molecular complexity index is 564. The molecule has 1 amide bonds. The number of rotatable bonds is 6. The van der Waals surface area contributed by atoms with Gasteiger partial charge in [-0.05, 0) is 6.92 Å². The largest absolute Gasteiger partial charge is 0.347 e. The van der Waals surface area contributed by atoms with E-state index in [0.29, 0.717) is 5.92 Å². The minimum atomic E-state index is -3.53. The second-order valence-electron chi connectivity index (χ2n) is 5.09. The highest BCUT2D eigenvalue weighted by Crippen LogP contribution is 2.22. The van der Waals surface area contributed by atoms with Gasteiger partial charge >= 0.3 is 0 Å². The maximum absolute atomic E-state index is 11.7. The van der Waals surface area contributed by atoms with Crippen LogP contribution < -0.4 is 5.32 Å². The molecule has 0 radical (unpaired) electrons. The van der Waals surface area contributed by atoms with Crippen molar-refractivity contribution in [3.63, 3.8) is 0 Å². The summed E-state index contributed by atoms with van der Waals surface area (Å²) in [7, 11) is -0.722. The van der Waals surface area contributed by atoms with Crippen LogP contribution in [-0.4, -0.2) is 43.5 Å². The van der Waals surface area contributed by atoms with Crippen molar-refractivity contribution >= 4 is 27.3 Å². The van der Waals surface area contributed by atoms with Crippen LogP contribution in [0.5, 0.6) is 0 Å². The number of hydrogen-bond acceptors (Lipinski definition) is 5. The standard InChI is InChI=1S/C12H21N3O3S2/c1-8(2)12-14-10(6-19-12)9(3)13-11(16)7-20(17,18)15(4)5/h6,8-9H,7H2,1-5H3,(H,13,16)/t9-/m0/s1. The van der Waals surface area contributed by atoms with Crippen molar-refractivity contribution in [1.29, 1.82) is 0 Å². The summed E-state index contributed by atoms with van der Waals surface area (Å²) >= 11 is 1.54. The molecule has 0 aliphatic carbocycles. The third-order valence-corrected chi connectivity index (χ3v) is 5.63. The van der Waals surface area contributed by atoms with Gasteiger partial charge in [0.2, 0.25) is 15.9 Å². The van der Waals surface area contributed by atoms with Crippen LogP contribution in [0.4, 0.5) is 0 Å². The molecule has 1 aromatic rings. The summed E-state index contributed by atoms with van der Waals surface area (Å²) in [5.74, 6) is -0.734. The zero-order valence-corrected chi connectivity index (χ0v) is 14.0. The molecule has 1 rings (SSSR count). The summed E-state index contributed by atoms with van der Waals surface area (Å²) in [6.07, 6.45) is 0. The minimum Gasteiger partial charge on any atom is -0.347 e. The lowest BCUT2D eigenvalue weighted by Crippen LogP contribution is -2.37. The lowest BCUT2D eigenvalue weighted by molar-refractivity contribution is -0.119. The van der Waals surface area contributed by atoms with E-state index in [9.17, 15) is 13.2 Å². The fourth-order valence-electron chi connectivity index (χ4n) is 1.42. The molecular formula is C12H21N3O3S2. The van der Waals surface area contributed by atoms with Gasteiger partial charge < -0.3 is 5.32 Å². The molecule has 1 atom stereocenters. The van der Waals surface area contributed by atoms with E-state index in [4.69, 9.17) is 0 Å². The Hall–Kier alpha value is -0.990. The SMILES string of the molecule is CC(C)c1nc([C@H](C)NC(=O)CS(=O)(=O)N(C)C)cs1. The van der Waals surface area contributed by atoms with Gasteiger partial charge in [0.15, 0.2) is 0 Å². The van der Waals surface area contributed by atoms with Crippen LogP contribution in [0.1, 0.15) is 43.4 Å². The summed E-state index contributed by atoms with van der Waals surface area (Å²) in [6.45, 7) is 5.89. The molecule has 0 aliphatic heterocycles. The van der Waals surface area contributed by atoms with Gasteiger partial charge in [-0.1, -0.05) is 13.8 Å². The average molecular weight is 319 g/mol. The first-order valence-corrected chi connectivity index (χ1v) is 8.77. The van der Waals surface area contributed by atoms with Crippen LogP contribution in [0.15, 0.2) is 5.38 Å². The molecule has 0 bridgehead atoms. The van der Waals surface area contributed by atoms with Crippen molar-refractivity contribution in [2.45, 2.75) is 32.7 Å². The quantitative estimate of drug-likeness (QED) is 0.858. The summed E-state index contributed by atoms with van der Waals surface area (Å²) in [6, 6.07) is -0.302. The topological polar surface area (TPSA) is 79.4 Å². The number of carbonyl (C=O) groups excluding carboxylic acids is 1. The first kappa shape index (κ1) is 17.1. The van der Waals surface area contributed by atoms with Gasteiger partial charge in [0.05, 0.1) is 16.7 Å². The smallest absolute Gasteiger partial charge is 0.237 e. The predicted octanol–water partition coefficient (Wildman–Crippen LogP) is 1.34. The zero-order chi connectivity index (χ0) is 15.5. The molecule has 0 unspecified atom stereocenters. The Morgan fingerprint density at radius 3 is 2.45 bits per heavy atom. The van der Waals surface area contributed by atoms with Gasteiger partial charge in [-0.25, -0.2) is 17.7 Å². The number of nitrogens with one attached hydrogen (secondary N) is 1. The van der Waals surface area contributed by atoms with E-state index in [-0.39, 0.29) is 6.04 Å². The number of aromatic nitrogens is 1. The van der Waals surface area contributed by atoms with E-state index in [1.165, 1.54) is 14.1 Å². The highest BCUT2D eigenvalue weighted by Gasteiger charge is 2.21. The molecule has 1 aromatic heterocycles. The number of carbonyl (C=O) groups is 1. The van der Waals surface area contributed by atoms with E-state index >= 15 is 0 Å². The number of sulfonamides is 1. The van der Waals surface area contributed by atoms with Gasteiger partial charge in [0.1, 0.15) is 5.75 Å². The van der Waals surface area contributed by atoms with Crippen LogP contribution in [0.3, 0.4) is 0 Å². The molecule has 0 saturated heterocycles. The molecule has 20 heavy (non-hydrogen) atoms. The molecule has 0 fully saturated rings. The number of thiazole rings is 1. The summed E-state index contributed by atoms with van der Waals surface area (Å²) in [5.41, 5.74) is 0.759. The van der Waals surface area contributed by atoms with Crippen molar-refractivity contribution in [2.75, 3.05) is 19.8 Å². The fraction of sp³-hybridized carbons (Fsp3) is 0.667. The molecule has 8 heteroatoms. The van der Waals surface area contributed by atoms with E-state index < -0.39 is 21.7 Å². The number of nitrogens with zero attached hydrogens (tertiary/aromatic N) is 2. The maximum Gasteiger partial charge on any atom is 0.237 e. The molecule has 0 aliphatic rings. The molecule has 0 saturated carbocycles. The van der Waals surface area contributed by atoms with Crippen LogP contribution in [0.25, 0.3) is 0 Å². The monoisotopic (exact) mass is 319 g/mol. The normalized spacial score (nSPS) is 13.8. The molecule has 114 valence electrons. The average Bonchev–Trinajstić information content (AvgIpc) is 2.76. The Morgan fingerprint density at radius 2 is 2.00 bits per heavy atom. The molecule has 1 heterocycles. The van der Waals surface area contributed by atoms with E-state index in [0.717, 1.165) is 15.0 Å². The van der Waals surface area contributed by atoms with Crippen LogP contribution in [0.2, 0.25) is 0 Å². The van der Waals surface area contributed by atoms with Gasteiger partial charge in [0, 0.05) is 25.4 Å². The van der Waals surface area contributed by atoms with Gasteiger partial charge in [-0.15, -0.1) is 11.3 Å². The first-order chi connectivity index (χ1) is 9.13. The van der Waals surface area contributed by atoms with Gasteiger partial charge in [-0.2, -0.15) is 0 Å². The van der Waals surface area contributed by atoms with Gasteiger partial charge in [-0.3, -0.25) is 4.79 Å². The Labute approximate surface area is 124 Å². The van der Waals surface area contributed by atoms with E-state index in [1.807, 2.05) is 5.38 Å². The molecule has 0 spiro atoms.